The van der Waals surface area contributed by atoms with Crippen LogP contribution >= 0.6 is 11.6 Å². The van der Waals surface area contributed by atoms with E-state index in [9.17, 15) is 0 Å². The van der Waals surface area contributed by atoms with Crippen LogP contribution in [0, 0.1) is 11.8 Å². The van der Waals surface area contributed by atoms with Crippen LogP contribution in [0.5, 0.6) is 0 Å². The molecule has 1 saturated carbocycles. The van der Waals surface area contributed by atoms with Crippen LogP contribution in [0.4, 0.5) is 5.69 Å². The van der Waals surface area contributed by atoms with Gasteiger partial charge >= 0.3 is 0 Å². The predicted octanol–water partition coefficient (Wildman–Crippen LogP) is 4.58. The summed E-state index contributed by atoms with van der Waals surface area (Å²) in [6, 6.07) is 8.63. The van der Waals surface area contributed by atoms with Crippen molar-refractivity contribution in [1.29, 1.82) is 0 Å². The first-order valence-corrected chi connectivity index (χ1v) is 6.55. The van der Waals surface area contributed by atoms with Crippen molar-refractivity contribution in [2.45, 2.75) is 39.2 Å². The molecule has 1 aromatic rings. The Labute approximate surface area is 103 Å². The van der Waals surface area contributed by atoms with Gasteiger partial charge in [0.25, 0.3) is 0 Å². The summed E-state index contributed by atoms with van der Waals surface area (Å²) in [5, 5.41) is 4.43. The third kappa shape index (κ3) is 2.91. The molecule has 0 heterocycles. The normalized spacial score (nSPS) is 30.1. The van der Waals surface area contributed by atoms with E-state index in [1.54, 1.807) is 0 Å². The minimum absolute atomic E-state index is 0.616. The molecule has 16 heavy (non-hydrogen) atoms. The third-order valence-electron chi connectivity index (χ3n) is 3.65. The van der Waals surface area contributed by atoms with E-state index in [2.05, 4.69) is 31.3 Å². The Hall–Kier alpha value is -0.690. The van der Waals surface area contributed by atoms with Gasteiger partial charge in [0.15, 0.2) is 0 Å². The molecule has 2 heteroatoms. The Kier molecular flexibility index (Phi) is 3.75. The van der Waals surface area contributed by atoms with E-state index in [0.717, 1.165) is 16.9 Å². The van der Waals surface area contributed by atoms with Crippen LogP contribution in [0.1, 0.15) is 33.1 Å². The second kappa shape index (κ2) is 5.09. The molecule has 0 aromatic heterocycles. The molecule has 0 amide bonds. The van der Waals surface area contributed by atoms with E-state index < -0.39 is 0 Å². The van der Waals surface area contributed by atoms with Gasteiger partial charge in [0, 0.05) is 16.8 Å². The van der Waals surface area contributed by atoms with Gasteiger partial charge in [0.05, 0.1) is 0 Å². The quantitative estimate of drug-likeness (QED) is 0.794. The van der Waals surface area contributed by atoms with Crippen LogP contribution in [0.2, 0.25) is 5.02 Å². The largest absolute Gasteiger partial charge is 0.382 e. The number of hydrogen-bond acceptors (Lipinski definition) is 1. The highest BCUT2D eigenvalue weighted by atomic mass is 35.5. The van der Waals surface area contributed by atoms with E-state index in [4.69, 9.17) is 11.6 Å². The molecule has 3 atom stereocenters. The molecule has 0 radical (unpaired) electrons. The maximum atomic E-state index is 5.88. The number of anilines is 1. The summed E-state index contributed by atoms with van der Waals surface area (Å²) in [5.41, 5.74) is 1.19. The Balaban J connectivity index is 2.00. The number of halogens is 1. The molecule has 88 valence electrons. The molecule has 0 aliphatic heterocycles. The van der Waals surface area contributed by atoms with Crippen LogP contribution in [-0.2, 0) is 0 Å². The molecule has 1 aromatic carbocycles. The average molecular weight is 238 g/mol. The molecule has 1 aliphatic rings. The van der Waals surface area contributed by atoms with Crippen molar-refractivity contribution >= 4 is 17.3 Å². The maximum absolute atomic E-state index is 5.88. The molecule has 1 fully saturated rings. The van der Waals surface area contributed by atoms with E-state index in [-0.39, 0.29) is 0 Å². The Morgan fingerprint density at radius 2 is 1.81 bits per heavy atom. The van der Waals surface area contributed by atoms with Gasteiger partial charge in [-0.2, -0.15) is 0 Å². The molecule has 0 bridgehead atoms. The van der Waals surface area contributed by atoms with E-state index in [0.29, 0.717) is 6.04 Å². The number of hydrogen-bond donors (Lipinski definition) is 1. The minimum atomic E-state index is 0.616. The van der Waals surface area contributed by atoms with E-state index >= 15 is 0 Å². The Morgan fingerprint density at radius 1 is 1.12 bits per heavy atom. The first kappa shape index (κ1) is 11.8. The maximum Gasteiger partial charge on any atom is 0.0407 e. The van der Waals surface area contributed by atoms with Gasteiger partial charge in [-0.15, -0.1) is 0 Å². The molecule has 1 nitrogen and oxygen atoms in total. The average Bonchev–Trinajstić information content (AvgIpc) is 2.27. The molecule has 0 spiro atoms. The summed E-state index contributed by atoms with van der Waals surface area (Å²) in [7, 11) is 0. The van der Waals surface area contributed by atoms with Gasteiger partial charge in [-0.05, 0) is 48.9 Å². The van der Waals surface area contributed by atoms with Crippen molar-refractivity contribution in [3.8, 4) is 0 Å². The summed E-state index contributed by atoms with van der Waals surface area (Å²) in [5.74, 6) is 1.62. The minimum Gasteiger partial charge on any atom is -0.382 e. The summed E-state index contributed by atoms with van der Waals surface area (Å²) >= 11 is 5.88. The molecular formula is C14H20ClN. The van der Waals surface area contributed by atoms with Crippen molar-refractivity contribution in [2.24, 2.45) is 11.8 Å². The summed E-state index contributed by atoms with van der Waals surface area (Å²) in [6.45, 7) is 4.70. The van der Waals surface area contributed by atoms with Gasteiger partial charge in [0.2, 0.25) is 0 Å². The van der Waals surface area contributed by atoms with Crippen molar-refractivity contribution in [3.63, 3.8) is 0 Å². The van der Waals surface area contributed by atoms with Gasteiger partial charge in [-0.25, -0.2) is 0 Å². The highest BCUT2D eigenvalue weighted by Gasteiger charge is 2.25. The summed E-state index contributed by atoms with van der Waals surface area (Å²) in [6.07, 6.45) is 4.00. The second-order valence-corrected chi connectivity index (χ2v) is 5.59. The second-order valence-electron chi connectivity index (χ2n) is 5.15. The van der Waals surface area contributed by atoms with Crippen LogP contribution in [0.15, 0.2) is 24.3 Å². The van der Waals surface area contributed by atoms with Crippen molar-refractivity contribution in [2.75, 3.05) is 5.32 Å². The van der Waals surface area contributed by atoms with Gasteiger partial charge in [-0.3, -0.25) is 0 Å². The molecule has 3 unspecified atom stereocenters. The standard InChI is InChI=1S/C14H20ClN/c1-10-3-4-11(2)14(9-10)16-13-7-5-12(15)6-8-13/h5-8,10-11,14,16H,3-4,9H2,1-2H3. The van der Waals surface area contributed by atoms with Crippen LogP contribution in [0.25, 0.3) is 0 Å². The zero-order valence-electron chi connectivity index (χ0n) is 10.0. The van der Waals surface area contributed by atoms with Gasteiger partial charge < -0.3 is 5.32 Å². The fourth-order valence-electron chi connectivity index (χ4n) is 2.49. The molecular weight excluding hydrogens is 218 g/mol. The van der Waals surface area contributed by atoms with Crippen molar-refractivity contribution in [1.82, 2.24) is 0 Å². The smallest absolute Gasteiger partial charge is 0.0407 e. The van der Waals surface area contributed by atoms with E-state index in [1.165, 1.54) is 24.9 Å². The molecule has 1 aliphatic carbocycles. The molecule has 0 saturated heterocycles. The zero-order chi connectivity index (χ0) is 11.5. The summed E-state index contributed by atoms with van der Waals surface area (Å²) in [4.78, 5) is 0. The Bertz CT molecular complexity index is 333. The number of rotatable bonds is 2. The monoisotopic (exact) mass is 237 g/mol. The lowest BCUT2D eigenvalue weighted by molar-refractivity contribution is 0.281. The lowest BCUT2D eigenvalue weighted by Gasteiger charge is -2.34. The molecule has 2 rings (SSSR count). The van der Waals surface area contributed by atoms with Crippen molar-refractivity contribution in [3.05, 3.63) is 29.3 Å². The highest BCUT2D eigenvalue weighted by Crippen LogP contribution is 2.30. The fourth-order valence-corrected chi connectivity index (χ4v) is 2.62. The number of nitrogens with one attached hydrogen (secondary N) is 1. The topological polar surface area (TPSA) is 12.0 Å². The Morgan fingerprint density at radius 3 is 2.50 bits per heavy atom. The fraction of sp³-hybridized carbons (Fsp3) is 0.571. The van der Waals surface area contributed by atoms with Crippen LogP contribution < -0.4 is 5.32 Å². The van der Waals surface area contributed by atoms with Gasteiger partial charge in [0.1, 0.15) is 0 Å². The third-order valence-corrected chi connectivity index (χ3v) is 3.91. The van der Waals surface area contributed by atoms with Crippen molar-refractivity contribution < 1.29 is 0 Å². The lowest BCUT2D eigenvalue weighted by atomic mass is 9.80. The van der Waals surface area contributed by atoms with E-state index in [1.807, 2.05) is 12.1 Å². The van der Waals surface area contributed by atoms with Crippen LogP contribution in [-0.4, -0.2) is 6.04 Å². The highest BCUT2D eigenvalue weighted by molar-refractivity contribution is 6.30. The zero-order valence-corrected chi connectivity index (χ0v) is 10.8. The van der Waals surface area contributed by atoms with Gasteiger partial charge in [-0.1, -0.05) is 31.9 Å². The lowest BCUT2D eigenvalue weighted by Crippen LogP contribution is -2.33. The SMILES string of the molecule is CC1CCC(C)C(Nc2ccc(Cl)cc2)C1. The molecule has 1 N–H and O–H groups in total. The number of benzene rings is 1. The van der Waals surface area contributed by atoms with Crippen LogP contribution in [0.3, 0.4) is 0 Å². The predicted molar refractivity (Wildman–Crippen MR) is 71.0 cm³/mol. The first-order chi connectivity index (χ1) is 7.65. The summed E-state index contributed by atoms with van der Waals surface area (Å²) < 4.78 is 0. The first-order valence-electron chi connectivity index (χ1n) is 6.17.